The van der Waals surface area contributed by atoms with Crippen LogP contribution in [0.4, 0.5) is 0 Å². The second-order valence-electron chi connectivity index (χ2n) is 1.56. The second-order valence-corrected chi connectivity index (χ2v) is 5.01. The monoisotopic (exact) mass is 284 g/mol. The van der Waals surface area contributed by atoms with Crippen LogP contribution in [0.3, 0.4) is 0 Å². The van der Waals surface area contributed by atoms with Crippen LogP contribution in [0.25, 0.3) is 0 Å². The molecule has 0 bridgehead atoms. The molecule has 0 saturated carbocycles. The molecule has 5 heteroatoms. The maximum atomic E-state index is 5.51. The number of hydrogen-bond acceptors (Lipinski definition) is 2. The van der Waals surface area contributed by atoms with Gasteiger partial charge in [-0.1, -0.05) is 43.5 Å². The molecular formula is C5H3Br2ClN2. The molecule has 1 aromatic heterocycles. The van der Waals surface area contributed by atoms with Crippen LogP contribution in [0.5, 0.6) is 0 Å². The van der Waals surface area contributed by atoms with Crippen molar-refractivity contribution in [1.82, 2.24) is 9.97 Å². The molecule has 0 N–H and O–H groups in total. The second kappa shape index (κ2) is 3.64. The van der Waals surface area contributed by atoms with Crippen LogP contribution in [0.15, 0.2) is 12.4 Å². The maximum Gasteiger partial charge on any atom is 0.147 e. The van der Waals surface area contributed by atoms with Gasteiger partial charge in [-0.3, -0.25) is 4.98 Å². The summed E-state index contributed by atoms with van der Waals surface area (Å²) in [6, 6.07) is 0. The smallest absolute Gasteiger partial charge is 0.147 e. The molecule has 0 aliphatic rings. The van der Waals surface area contributed by atoms with E-state index in [0.29, 0.717) is 5.15 Å². The molecule has 0 radical (unpaired) electrons. The summed E-state index contributed by atoms with van der Waals surface area (Å²) < 4.78 is 0.0461. The average molecular weight is 286 g/mol. The van der Waals surface area contributed by atoms with Crippen LogP contribution in [0.2, 0.25) is 5.15 Å². The van der Waals surface area contributed by atoms with E-state index >= 15 is 0 Å². The first kappa shape index (κ1) is 8.43. The van der Waals surface area contributed by atoms with Gasteiger partial charge in [-0.25, -0.2) is 4.98 Å². The molecule has 0 amide bonds. The summed E-state index contributed by atoms with van der Waals surface area (Å²) in [5.74, 6) is 0. The number of alkyl halides is 2. The lowest BCUT2D eigenvalue weighted by atomic mass is 10.5. The van der Waals surface area contributed by atoms with Gasteiger partial charge < -0.3 is 0 Å². The van der Waals surface area contributed by atoms with Gasteiger partial charge in [0.25, 0.3) is 0 Å². The molecule has 10 heavy (non-hydrogen) atoms. The number of aromatic nitrogens is 2. The van der Waals surface area contributed by atoms with Gasteiger partial charge in [-0.15, -0.1) is 0 Å². The van der Waals surface area contributed by atoms with Crippen LogP contribution in [-0.4, -0.2) is 9.97 Å². The van der Waals surface area contributed by atoms with Crippen molar-refractivity contribution >= 4 is 43.5 Å². The summed E-state index contributed by atoms with van der Waals surface area (Å²) in [5, 5.41) is 0.407. The summed E-state index contributed by atoms with van der Waals surface area (Å²) >= 11 is 12.1. The summed E-state index contributed by atoms with van der Waals surface area (Å²) in [6.07, 6.45) is 3.11. The van der Waals surface area contributed by atoms with E-state index in [9.17, 15) is 0 Å². The number of rotatable bonds is 1. The van der Waals surface area contributed by atoms with E-state index in [2.05, 4.69) is 41.8 Å². The lowest BCUT2D eigenvalue weighted by molar-refractivity contribution is 1.10. The first-order valence-corrected chi connectivity index (χ1v) is 4.66. The van der Waals surface area contributed by atoms with E-state index in [0.717, 1.165) is 5.69 Å². The zero-order valence-electron chi connectivity index (χ0n) is 4.76. The highest BCUT2D eigenvalue weighted by molar-refractivity contribution is 9.24. The minimum absolute atomic E-state index is 0.0461. The Balaban J connectivity index is 2.89. The first-order chi connectivity index (χ1) is 4.70. The van der Waals surface area contributed by atoms with Gasteiger partial charge in [-0.2, -0.15) is 0 Å². The number of halogens is 3. The highest BCUT2D eigenvalue weighted by atomic mass is 79.9. The van der Waals surface area contributed by atoms with Crippen molar-refractivity contribution in [2.75, 3.05) is 0 Å². The zero-order valence-corrected chi connectivity index (χ0v) is 8.69. The third kappa shape index (κ3) is 2.18. The highest BCUT2D eigenvalue weighted by Crippen LogP contribution is 2.26. The minimum Gasteiger partial charge on any atom is -0.254 e. The fourth-order valence-corrected chi connectivity index (χ4v) is 1.01. The van der Waals surface area contributed by atoms with Crippen LogP contribution in [0, 0.1) is 0 Å². The Labute approximate surface area is 80.3 Å². The largest absolute Gasteiger partial charge is 0.254 e. The van der Waals surface area contributed by atoms with E-state index in [4.69, 9.17) is 11.6 Å². The molecule has 0 fully saturated rings. The number of nitrogens with zero attached hydrogens (tertiary/aromatic N) is 2. The standard InChI is InChI=1S/C5H3Br2ClN2/c6-5(7)3-1-10-4(8)2-9-3/h1-2,5H. The Hall–Kier alpha value is 0.330. The summed E-state index contributed by atoms with van der Waals surface area (Å²) in [6.45, 7) is 0. The van der Waals surface area contributed by atoms with Crippen LogP contribution in [0.1, 0.15) is 9.43 Å². The van der Waals surface area contributed by atoms with Gasteiger partial charge >= 0.3 is 0 Å². The Morgan fingerprint density at radius 1 is 1.30 bits per heavy atom. The fourth-order valence-electron chi connectivity index (χ4n) is 0.435. The Morgan fingerprint density at radius 2 is 2.00 bits per heavy atom. The van der Waals surface area contributed by atoms with Crippen molar-refractivity contribution in [2.45, 2.75) is 3.74 Å². The molecule has 0 atom stereocenters. The van der Waals surface area contributed by atoms with E-state index < -0.39 is 0 Å². The molecule has 54 valence electrons. The molecule has 0 aromatic carbocycles. The molecule has 0 spiro atoms. The highest BCUT2D eigenvalue weighted by Gasteiger charge is 2.02. The lowest BCUT2D eigenvalue weighted by Gasteiger charge is -1.97. The van der Waals surface area contributed by atoms with E-state index in [1.165, 1.54) is 6.20 Å². The zero-order chi connectivity index (χ0) is 7.56. The predicted octanol–water partition coefficient (Wildman–Crippen LogP) is 2.92. The topological polar surface area (TPSA) is 25.8 Å². The average Bonchev–Trinajstić information content (AvgIpc) is 1.88. The van der Waals surface area contributed by atoms with Crippen LogP contribution < -0.4 is 0 Å². The van der Waals surface area contributed by atoms with Gasteiger partial charge in [0.2, 0.25) is 0 Å². The maximum absolute atomic E-state index is 5.51. The SMILES string of the molecule is Clc1cnc(C(Br)Br)cn1. The van der Waals surface area contributed by atoms with Crippen molar-refractivity contribution in [1.29, 1.82) is 0 Å². The fraction of sp³-hybridized carbons (Fsp3) is 0.200. The molecule has 1 heterocycles. The third-order valence-corrected chi connectivity index (χ3v) is 2.00. The van der Waals surface area contributed by atoms with E-state index in [-0.39, 0.29) is 3.74 Å². The molecular weight excluding hydrogens is 283 g/mol. The van der Waals surface area contributed by atoms with Crippen molar-refractivity contribution in [3.63, 3.8) is 0 Å². The molecule has 2 nitrogen and oxygen atoms in total. The summed E-state index contributed by atoms with van der Waals surface area (Å²) in [4.78, 5) is 7.83. The third-order valence-electron chi connectivity index (χ3n) is 0.864. The lowest BCUT2D eigenvalue weighted by Crippen LogP contribution is -1.87. The van der Waals surface area contributed by atoms with E-state index in [1.807, 2.05) is 0 Å². The molecule has 0 saturated heterocycles. The molecule has 1 rings (SSSR count). The van der Waals surface area contributed by atoms with Gasteiger partial charge in [-0.05, 0) is 0 Å². The van der Waals surface area contributed by atoms with Crippen molar-refractivity contribution in [2.24, 2.45) is 0 Å². The molecule has 0 aliphatic heterocycles. The van der Waals surface area contributed by atoms with E-state index in [1.54, 1.807) is 6.20 Å². The predicted molar refractivity (Wildman–Crippen MR) is 47.6 cm³/mol. The summed E-state index contributed by atoms with van der Waals surface area (Å²) in [5.41, 5.74) is 0.810. The Morgan fingerprint density at radius 3 is 2.40 bits per heavy atom. The normalized spacial score (nSPS) is 10.4. The quantitative estimate of drug-likeness (QED) is 0.742. The van der Waals surface area contributed by atoms with Crippen molar-refractivity contribution < 1.29 is 0 Å². The van der Waals surface area contributed by atoms with Gasteiger partial charge in [0.1, 0.15) is 8.89 Å². The first-order valence-electron chi connectivity index (χ1n) is 2.46. The Kier molecular flexibility index (Phi) is 3.07. The van der Waals surface area contributed by atoms with Crippen LogP contribution in [-0.2, 0) is 0 Å². The minimum atomic E-state index is 0.0461. The summed E-state index contributed by atoms with van der Waals surface area (Å²) in [7, 11) is 0. The Bertz CT molecular complexity index is 211. The molecule has 1 aromatic rings. The van der Waals surface area contributed by atoms with Crippen molar-refractivity contribution in [3.8, 4) is 0 Å². The molecule has 0 unspecified atom stereocenters. The van der Waals surface area contributed by atoms with Crippen LogP contribution >= 0.6 is 43.5 Å². The molecule has 0 aliphatic carbocycles. The van der Waals surface area contributed by atoms with Gasteiger partial charge in [0.05, 0.1) is 18.1 Å². The van der Waals surface area contributed by atoms with Crippen molar-refractivity contribution in [3.05, 3.63) is 23.2 Å². The van der Waals surface area contributed by atoms with Gasteiger partial charge in [0, 0.05) is 0 Å². The number of hydrogen-bond donors (Lipinski definition) is 0. The van der Waals surface area contributed by atoms with Gasteiger partial charge in [0.15, 0.2) is 0 Å².